The van der Waals surface area contributed by atoms with Crippen LogP contribution < -0.4 is 10.6 Å². The van der Waals surface area contributed by atoms with E-state index >= 15 is 0 Å². The van der Waals surface area contributed by atoms with Crippen LogP contribution in [0.25, 0.3) is 0 Å². The van der Waals surface area contributed by atoms with Crippen LogP contribution in [0.5, 0.6) is 0 Å². The zero-order valence-corrected chi connectivity index (χ0v) is 14.8. The van der Waals surface area contributed by atoms with Gasteiger partial charge in [-0.1, -0.05) is 20.8 Å². The summed E-state index contributed by atoms with van der Waals surface area (Å²) in [5.41, 5.74) is 5.47. The highest BCUT2D eigenvalue weighted by molar-refractivity contribution is 6.00. The molecule has 0 atom stereocenters. The number of hydrogen-bond donors (Lipinski definition) is 2. The molecule has 1 amide bonds. The lowest BCUT2D eigenvalue weighted by Gasteiger charge is -2.23. The maximum absolute atomic E-state index is 12.4. The second-order valence-corrected chi connectivity index (χ2v) is 7.09. The molecule has 1 heterocycles. The van der Waals surface area contributed by atoms with Crippen LogP contribution >= 0.6 is 0 Å². The molecule has 0 unspecified atom stereocenters. The second kappa shape index (κ2) is 6.22. The van der Waals surface area contributed by atoms with Crippen LogP contribution in [0, 0.1) is 19.3 Å². The molecule has 0 bridgehead atoms. The minimum Gasteiger partial charge on any atom is -0.469 e. The van der Waals surface area contributed by atoms with E-state index < -0.39 is 5.41 Å². The fraction of sp³-hybridized carbons (Fsp3) is 0.556. The van der Waals surface area contributed by atoms with E-state index in [1.54, 1.807) is 0 Å². The monoisotopic (exact) mass is 318 g/mol. The minimum atomic E-state index is -0.481. The molecule has 126 valence electrons. The van der Waals surface area contributed by atoms with Crippen molar-refractivity contribution in [3.8, 4) is 0 Å². The summed E-state index contributed by atoms with van der Waals surface area (Å²) in [5, 5.41) is 6.43. The van der Waals surface area contributed by atoms with Gasteiger partial charge >= 0.3 is 5.97 Å². The van der Waals surface area contributed by atoms with Crippen LogP contribution in [0.3, 0.4) is 0 Å². The van der Waals surface area contributed by atoms with E-state index in [2.05, 4.69) is 10.6 Å². The SMILES string of the molecule is COC(=O)Cc1c(C)c2c(c(NC(=O)C(C)(C)C)c1C)NCC2. The number of ether oxygens (including phenoxy) is 1. The normalized spacial score (nSPS) is 13.3. The smallest absolute Gasteiger partial charge is 0.309 e. The molecule has 5 nitrogen and oxygen atoms in total. The zero-order valence-electron chi connectivity index (χ0n) is 14.8. The van der Waals surface area contributed by atoms with Crippen LogP contribution in [0.2, 0.25) is 0 Å². The number of rotatable bonds is 3. The first kappa shape index (κ1) is 17.3. The van der Waals surface area contributed by atoms with Crippen LogP contribution in [0.4, 0.5) is 11.4 Å². The molecule has 0 saturated carbocycles. The molecule has 1 aliphatic heterocycles. The van der Waals surface area contributed by atoms with E-state index in [9.17, 15) is 9.59 Å². The van der Waals surface area contributed by atoms with E-state index in [4.69, 9.17) is 4.74 Å². The third kappa shape index (κ3) is 3.33. The Balaban J connectivity index is 2.53. The maximum atomic E-state index is 12.4. The van der Waals surface area contributed by atoms with Crippen molar-refractivity contribution in [1.82, 2.24) is 0 Å². The lowest BCUT2D eigenvalue weighted by Crippen LogP contribution is -2.28. The first-order valence-corrected chi connectivity index (χ1v) is 7.93. The topological polar surface area (TPSA) is 67.4 Å². The molecular formula is C18H26N2O3. The summed E-state index contributed by atoms with van der Waals surface area (Å²) in [6.07, 6.45) is 1.12. The highest BCUT2D eigenvalue weighted by Crippen LogP contribution is 2.40. The predicted molar refractivity (Wildman–Crippen MR) is 91.9 cm³/mol. The maximum Gasteiger partial charge on any atom is 0.309 e. The summed E-state index contributed by atoms with van der Waals surface area (Å²) in [4.78, 5) is 24.2. The Bertz CT molecular complexity index is 657. The average molecular weight is 318 g/mol. The lowest BCUT2D eigenvalue weighted by atomic mass is 9.90. The Morgan fingerprint density at radius 3 is 2.43 bits per heavy atom. The van der Waals surface area contributed by atoms with E-state index in [0.717, 1.165) is 41.0 Å². The number of benzene rings is 1. The molecule has 0 aromatic heterocycles. The molecule has 0 spiro atoms. The van der Waals surface area contributed by atoms with Crippen molar-refractivity contribution in [2.75, 3.05) is 24.3 Å². The van der Waals surface area contributed by atoms with Crippen molar-refractivity contribution in [3.05, 3.63) is 22.3 Å². The largest absolute Gasteiger partial charge is 0.469 e. The molecule has 0 fully saturated rings. The van der Waals surface area contributed by atoms with Crippen molar-refractivity contribution in [2.45, 2.75) is 47.5 Å². The van der Waals surface area contributed by atoms with Gasteiger partial charge in [0, 0.05) is 12.0 Å². The quantitative estimate of drug-likeness (QED) is 0.841. The number of amides is 1. The number of carbonyl (C=O) groups excluding carboxylic acids is 2. The van der Waals surface area contributed by atoms with Gasteiger partial charge in [0.2, 0.25) is 5.91 Å². The summed E-state index contributed by atoms with van der Waals surface area (Å²) < 4.78 is 4.82. The first-order valence-electron chi connectivity index (χ1n) is 7.93. The van der Waals surface area contributed by atoms with E-state index in [0.29, 0.717) is 0 Å². The minimum absolute atomic E-state index is 0.0376. The highest BCUT2D eigenvalue weighted by atomic mass is 16.5. The highest BCUT2D eigenvalue weighted by Gasteiger charge is 2.28. The number of esters is 1. The van der Waals surface area contributed by atoms with Gasteiger partial charge in [0.25, 0.3) is 0 Å². The van der Waals surface area contributed by atoms with Gasteiger partial charge in [0.05, 0.1) is 24.9 Å². The Hall–Kier alpha value is -2.04. The fourth-order valence-corrected chi connectivity index (χ4v) is 2.90. The van der Waals surface area contributed by atoms with Gasteiger partial charge in [-0.05, 0) is 42.5 Å². The van der Waals surface area contributed by atoms with Gasteiger partial charge in [-0.25, -0.2) is 0 Å². The summed E-state index contributed by atoms with van der Waals surface area (Å²) in [6, 6.07) is 0. The molecule has 2 N–H and O–H groups in total. The molecule has 23 heavy (non-hydrogen) atoms. The van der Waals surface area contributed by atoms with Crippen LogP contribution in [-0.2, 0) is 27.2 Å². The number of carbonyl (C=O) groups is 2. The summed E-state index contributed by atoms with van der Waals surface area (Å²) in [7, 11) is 1.39. The van der Waals surface area contributed by atoms with Gasteiger partial charge in [-0.3, -0.25) is 9.59 Å². The Morgan fingerprint density at radius 2 is 1.87 bits per heavy atom. The van der Waals surface area contributed by atoms with Gasteiger partial charge in [0.15, 0.2) is 0 Å². The van der Waals surface area contributed by atoms with Gasteiger partial charge in [0.1, 0.15) is 0 Å². The Labute approximate surface area is 137 Å². The standard InChI is InChI=1S/C18H26N2O3/c1-10-12-7-8-19-16(12)15(20-17(22)18(3,4)5)11(2)13(10)9-14(21)23-6/h19H,7-9H2,1-6H3,(H,20,22). The molecule has 2 rings (SSSR count). The summed E-state index contributed by atoms with van der Waals surface area (Å²) >= 11 is 0. The number of methoxy groups -OCH3 is 1. The first-order chi connectivity index (χ1) is 10.7. The molecule has 5 heteroatoms. The van der Waals surface area contributed by atoms with Crippen molar-refractivity contribution in [1.29, 1.82) is 0 Å². The summed E-state index contributed by atoms with van der Waals surface area (Å²) in [6.45, 7) is 10.5. The molecular weight excluding hydrogens is 292 g/mol. The second-order valence-electron chi connectivity index (χ2n) is 7.09. The molecule has 1 aromatic carbocycles. The lowest BCUT2D eigenvalue weighted by molar-refractivity contribution is -0.139. The van der Waals surface area contributed by atoms with Gasteiger partial charge in [-0.2, -0.15) is 0 Å². The zero-order chi connectivity index (χ0) is 17.4. The molecule has 1 aliphatic rings. The van der Waals surface area contributed by atoms with Crippen molar-refractivity contribution in [3.63, 3.8) is 0 Å². The molecule has 1 aromatic rings. The molecule has 0 aliphatic carbocycles. The van der Waals surface area contributed by atoms with E-state index in [1.165, 1.54) is 12.7 Å². The average Bonchev–Trinajstić information content (AvgIpc) is 2.95. The summed E-state index contributed by atoms with van der Waals surface area (Å²) in [5.74, 6) is -0.306. The van der Waals surface area contributed by atoms with Crippen LogP contribution in [0.1, 0.15) is 43.0 Å². The van der Waals surface area contributed by atoms with Crippen LogP contribution in [-0.4, -0.2) is 25.5 Å². The third-order valence-corrected chi connectivity index (χ3v) is 4.43. The van der Waals surface area contributed by atoms with Gasteiger partial charge in [-0.15, -0.1) is 0 Å². The van der Waals surface area contributed by atoms with E-state index in [-0.39, 0.29) is 18.3 Å². The third-order valence-electron chi connectivity index (χ3n) is 4.43. The number of fused-ring (bicyclic) bond motifs is 1. The van der Waals surface area contributed by atoms with E-state index in [1.807, 2.05) is 34.6 Å². The van der Waals surface area contributed by atoms with Gasteiger partial charge < -0.3 is 15.4 Å². The number of anilines is 2. The van der Waals surface area contributed by atoms with Crippen LogP contribution in [0.15, 0.2) is 0 Å². The fourth-order valence-electron chi connectivity index (χ4n) is 2.90. The number of nitrogens with one attached hydrogen (secondary N) is 2. The number of hydrogen-bond acceptors (Lipinski definition) is 4. The van der Waals surface area contributed by atoms with Crippen molar-refractivity contribution < 1.29 is 14.3 Å². The Morgan fingerprint density at radius 1 is 1.22 bits per heavy atom. The van der Waals surface area contributed by atoms with Crippen molar-refractivity contribution >= 4 is 23.3 Å². The molecule has 0 saturated heterocycles. The predicted octanol–water partition coefficient (Wildman–Crippen LogP) is 2.97. The Kier molecular flexibility index (Phi) is 4.68. The molecule has 0 radical (unpaired) electrons. The van der Waals surface area contributed by atoms with Crippen molar-refractivity contribution in [2.24, 2.45) is 5.41 Å².